The summed E-state index contributed by atoms with van der Waals surface area (Å²) in [5.74, 6) is -0.358. The van der Waals surface area contributed by atoms with Crippen LogP contribution in [0.1, 0.15) is 5.56 Å². The van der Waals surface area contributed by atoms with E-state index in [4.69, 9.17) is 5.11 Å². The van der Waals surface area contributed by atoms with Crippen LogP contribution in [0, 0.1) is 5.82 Å². The number of rotatable bonds is 2. The van der Waals surface area contributed by atoms with Crippen molar-refractivity contribution in [3.8, 4) is 0 Å². The third-order valence-electron chi connectivity index (χ3n) is 1.73. The number of aliphatic hydroxyl groups excluding tert-OH is 1. The van der Waals surface area contributed by atoms with Crippen LogP contribution in [0.2, 0.25) is 0 Å². The highest BCUT2D eigenvalue weighted by Crippen LogP contribution is 2.20. The van der Waals surface area contributed by atoms with E-state index in [0.717, 1.165) is 5.69 Å². The lowest BCUT2D eigenvalue weighted by atomic mass is 10.1. The molecule has 2 nitrogen and oxygen atoms in total. The second kappa shape index (κ2) is 3.54. The largest absolute Gasteiger partial charge is 0.391 e. The average molecular weight is 169 g/mol. The van der Waals surface area contributed by atoms with E-state index in [1.54, 1.807) is 17.0 Å². The Morgan fingerprint density at radius 1 is 1.42 bits per heavy atom. The van der Waals surface area contributed by atoms with Crippen molar-refractivity contribution in [3.63, 3.8) is 0 Å². The van der Waals surface area contributed by atoms with Gasteiger partial charge in [0, 0.05) is 25.3 Å². The van der Waals surface area contributed by atoms with Crippen LogP contribution in [-0.2, 0) is 6.61 Å². The van der Waals surface area contributed by atoms with Crippen LogP contribution in [0.3, 0.4) is 0 Å². The summed E-state index contributed by atoms with van der Waals surface area (Å²) >= 11 is 0. The zero-order valence-electron chi connectivity index (χ0n) is 7.21. The lowest BCUT2D eigenvalue weighted by Gasteiger charge is -2.16. The van der Waals surface area contributed by atoms with Crippen molar-refractivity contribution >= 4 is 5.69 Å². The zero-order valence-corrected chi connectivity index (χ0v) is 7.21. The second-order valence-electron chi connectivity index (χ2n) is 2.79. The van der Waals surface area contributed by atoms with Crippen molar-refractivity contribution in [2.75, 3.05) is 19.0 Å². The van der Waals surface area contributed by atoms with Gasteiger partial charge in [0.1, 0.15) is 5.82 Å². The van der Waals surface area contributed by atoms with Gasteiger partial charge in [-0.05, 0) is 12.1 Å². The smallest absolute Gasteiger partial charge is 0.130 e. The zero-order chi connectivity index (χ0) is 9.14. The van der Waals surface area contributed by atoms with Gasteiger partial charge in [-0.25, -0.2) is 4.39 Å². The van der Waals surface area contributed by atoms with Crippen LogP contribution in [0.15, 0.2) is 18.2 Å². The summed E-state index contributed by atoms with van der Waals surface area (Å²) in [7, 11) is 3.63. The number of aliphatic hydroxyl groups is 1. The van der Waals surface area contributed by atoms with Crippen LogP contribution in [0.4, 0.5) is 10.1 Å². The average Bonchev–Trinajstić information content (AvgIpc) is 2.03. The molecule has 0 aliphatic rings. The molecule has 0 aromatic heterocycles. The first kappa shape index (κ1) is 9.00. The second-order valence-corrected chi connectivity index (χ2v) is 2.79. The normalized spacial score (nSPS) is 10.0. The molecule has 1 N–H and O–H groups in total. The molecule has 0 atom stereocenters. The number of anilines is 1. The Morgan fingerprint density at radius 2 is 2.08 bits per heavy atom. The van der Waals surface area contributed by atoms with Gasteiger partial charge in [0.05, 0.1) is 6.61 Å². The molecule has 1 aromatic rings. The van der Waals surface area contributed by atoms with Crippen LogP contribution in [0.25, 0.3) is 0 Å². The summed E-state index contributed by atoms with van der Waals surface area (Å²) in [4.78, 5) is 1.77. The van der Waals surface area contributed by atoms with Crippen LogP contribution >= 0.6 is 0 Å². The summed E-state index contributed by atoms with van der Waals surface area (Å²) in [6.45, 7) is -0.264. The lowest BCUT2D eigenvalue weighted by Crippen LogP contribution is -2.12. The van der Waals surface area contributed by atoms with Crippen LogP contribution in [-0.4, -0.2) is 19.2 Å². The first-order chi connectivity index (χ1) is 5.66. The Labute approximate surface area is 71.2 Å². The Morgan fingerprint density at radius 3 is 2.50 bits per heavy atom. The van der Waals surface area contributed by atoms with E-state index in [1.165, 1.54) is 6.07 Å². The molecule has 12 heavy (non-hydrogen) atoms. The minimum atomic E-state index is -0.358. The first-order valence-electron chi connectivity index (χ1n) is 3.72. The molecule has 0 unspecified atom stereocenters. The van der Waals surface area contributed by atoms with Gasteiger partial charge in [0.15, 0.2) is 0 Å². The predicted molar refractivity (Wildman–Crippen MR) is 46.6 cm³/mol. The summed E-state index contributed by atoms with van der Waals surface area (Å²) in [5.41, 5.74) is 1.07. The molecule has 0 radical (unpaired) electrons. The highest BCUT2D eigenvalue weighted by molar-refractivity contribution is 5.52. The maximum Gasteiger partial charge on any atom is 0.130 e. The van der Waals surface area contributed by atoms with E-state index in [1.807, 2.05) is 14.1 Å². The van der Waals surface area contributed by atoms with Gasteiger partial charge in [-0.2, -0.15) is 0 Å². The van der Waals surface area contributed by atoms with Crippen LogP contribution in [0.5, 0.6) is 0 Å². The third kappa shape index (κ3) is 1.56. The van der Waals surface area contributed by atoms with E-state index in [2.05, 4.69) is 0 Å². The van der Waals surface area contributed by atoms with Gasteiger partial charge in [-0.1, -0.05) is 6.07 Å². The Hall–Kier alpha value is -1.09. The highest BCUT2D eigenvalue weighted by atomic mass is 19.1. The monoisotopic (exact) mass is 169 g/mol. The number of hydrogen-bond donors (Lipinski definition) is 1. The molecule has 0 saturated carbocycles. The quantitative estimate of drug-likeness (QED) is 0.723. The van der Waals surface area contributed by atoms with Crippen molar-refractivity contribution in [1.82, 2.24) is 0 Å². The lowest BCUT2D eigenvalue weighted by molar-refractivity contribution is 0.276. The summed E-state index contributed by atoms with van der Waals surface area (Å²) in [5, 5.41) is 8.88. The van der Waals surface area contributed by atoms with Crippen molar-refractivity contribution in [3.05, 3.63) is 29.6 Å². The molecule has 0 fully saturated rings. The first-order valence-corrected chi connectivity index (χ1v) is 3.72. The number of nitrogens with zero attached hydrogens (tertiary/aromatic N) is 1. The molecule has 0 saturated heterocycles. The molecule has 0 amide bonds. The van der Waals surface area contributed by atoms with Gasteiger partial charge < -0.3 is 10.0 Å². The fraction of sp³-hybridized carbons (Fsp3) is 0.333. The van der Waals surface area contributed by atoms with Gasteiger partial charge in [0.2, 0.25) is 0 Å². The molecule has 0 spiro atoms. The maximum atomic E-state index is 13.0. The van der Waals surface area contributed by atoms with Crippen molar-refractivity contribution in [1.29, 1.82) is 0 Å². The fourth-order valence-corrected chi connectivity index (χ4v) is 1.12. The number of halogens is 1. The molecule has 0 aliphatic heterocycles. The Bertz CT molecular complexity index is 273. The molecular weight excluding hydrogens is 157 g/mol. The minimum Gasteiger partial charge on any atom is -0.391 e. The van der Waals surface area contributed by atoms with E-state index in [-0.39, 0.29) is 12.4 Å². The van der Waals surface area contributed by atoms with Gasteiger partial charge in [0.25, 0.3) is 0 Å². The SMILES string of the molecule is CN(C)c1cccc(F)c1CO. The fourth-order valence-electron chi connectivity index (χ4n) is 1.12. The summed E-state index contributed by atoms with van der Waals surface area (Å²) in [6, 6.07) is 4.75. The molecule has 1 aromatic carbocycles. The Balaban J connectivity index is 3.18. The number of benzene rings is 1. The molecule has 0 heterocycles. The maximum absolute atomic E-state index is 13.0. The van der Waals surface area contributed by atoms with Crippen molar-refractivity contribution < 1.29 is 9.50 Å². The number of hydrogen-bond acceptors (Lipinski definition) is 2. The van der Waals surface area contributed by atoms with Crippen molar-refractivity contribution in [2.24, 2.45) is 0 Å². The summed E-state index contributed by atoms with van der Waals surface area (Å²) in [6.07, 6.45) is 0. The van der Waals surface area contributed by atoms with Crippen LogP contribution < -0.4 is 4.90 Å². The van der Waals surface area contributed by atoms with E-state index in [9.17, 15) is 4.39 Å². The van der Waals surface area contributed by atoms with E-state index >= 15 is 0 Å². The molecule has 0 aliphatic carbocycles. The molecule has 1 rings (SSSR count). The Kier molecular flexibility index (Phi) is 2.65. The van der Waals surface area contributed by atoms with E-state index in [0.29, 0.717) is 5.56 Å². The highest BCUT2D eigenvalue weighted by Gasteiger charge is 2.07. The molecule has 3 heteroatoms. The molecular formula is C9H12FNO. The minimum absolute atomic E-state index is 0.264. The molecule has 66 valence electrons. The van der Waals surface area contributed by atoms with Gasteiger partial charge in [-0.3, -0.25) is 0 Å². The summed E-state index contributed by atoms with van der Waals surface area (Å²) < 4.78 is 13.0. The third-order valence-corrected chi connectivity index (χ3v) is 1.73. The topological polar surface area (TPSA) is 23.5 Å². The predicted octanol–water partition coefficient (Wildman–Crippen LogP) is 1.38. The van der Waals surface area contributed by atoms with Crippen molar-refractivity contribution in [2.45, 2.75) is 6.61 Å². The van der Waals surface area contributed by atoms with E-state index < -0.39 is 0 Å². The van der Waals surface area contributed by atoms with Gasteiger partial charge in [-0.15, -0.1) is 0 Å². The van der Waals surface area contributed by atoms with Gasteiger partial charge >= 0.3 is 0 Å². The molecule has 0 bridgehead atoms. The standard InChI is InChI=1S/C9H12FNO/c1-11(2)9-5-3-4-8(10)7(9)6-12/h3-5,12H,6H2,1-2H3.